The molecule has 0 N–H and O–H groups in total. The first-order valence-corrected chi connectivity index (χ1v) is 16.5. The van der Waals surface area contributed by atoms with Gasteiger partial charge in [0.2, 0.25) is 0 Å². The number of fused-ring (bicyclic) bond motifs is 3. The second kappa shape index (κ2) is 10.6. The number of benzene rings is 9. The van der Waals surface area contributed by atoms with Crippen LogP contribution in [0.15, 0.2) is 182 Å². The van der Waals surface area contributed by atoms with Crippen LogP contribution in [0.25, 0.3) is 70.9 Å². The van der Waals surface area contributed by atoms with Crippen LogP contribution in [0.4, 0.5) is 17.1 Å². The van der Waals surface area contributed by atoms with Crippen LogP contribution in [0.5, 0.6) is 0 Å². The lowest BCUT2D eigenvalue weighted by atomic mass is 9.93. The van der Waals surface area contributed by atoms with Gasteiger partial charge < -0.3 is 9.47 Å². The number of rotatable bonds is 5. The van der Waals surface area contributed by atoms with Gasteiger partial charge in [0.05, 0.1) is 16.7 Å². The van der Waals surface area contributed by atoms with Crippen molar-refractivity contribution in [2.45, 2.75) is 0 Å². The number of nitrogens with zero attached hydrogens (tertiary/aromatic N) is 2. The summed E-state index contributed by atoms with van der Waals surface area (Å²) in [6, 6.07) is 66.3. The van der Waals surface area contributed by atoms with Gasteiger partial charge >= 0.3 is 0 Å². The Morgan fingerprint density at radius 3 is 1.75 bits per heavy atom. The third-order valence-electron chi connectivity index (χ3n) is 9.87. The molecule has 0 aliphatic rings. The first kappa shape index (κ1) is 26.8. The predicted octanol–water partition coefficient (Wildman–Crippen LogP) is 12.8. The largest absolute Gasteiger partial charge is 0.310 e. The Kier molecular flexibility index (Phi) is 5.91. The highest BCUT2D eigenvalue weighted by Gasteiger charge is 2.21. The molecular weight excluding hydrogens is 581 g/mol. The van der Waals surface area contributed by atoms with Gasteiger partial charge in [0.15, 0.2) is 0 Å². The molecule has 0 fully saturated rings. The maximum absolute atomic E-state index is 2.45. The lowest BCUT2D eigenvalue weighted by Crippen LogP contribution is -2.11. The van der Waals surface area contributed by atoms with Gasteiger partial charge in [-0.2, -0.15) is 0 Å². The molecule has 2 nitrogen and oxygen atoms in total. The highest BCUT2D eigenvalue weighted by molar-refractivity contribution is 6.24. The van der Waals surface area contributed by atoms with Crippen LogP contribution in [0.1, 0.15) is 0 Å². The van der Waals surface area contributed by atoms with E-state index in [1.807, 2.05) is 0 Å². The van der Waals surface area contributed by atoms with E-state index in [2.05, 4.69) is 191 Å². The summed E-state index contributed by atoms with van der Waals surface area (Å²) in [7, 11) is 0. The molecule has 0 amide bonds. The summed E-state index contributed by atoms with van der Waals surface area (Å²) in [4.78, 5) is 2.45. The van der Waals surface area contributed by atoms with E-state index in [1.54, 1.807) is 0 Å². The van der Waals surface area contributed by atoms with Crippen molar-refractivity contribution in [3.8, 4) is 16.8 Å². The topological polar surface area (TPSA) is 8.17 Å². The Balaban J connectivity index is 1.28. The molecule has 0 radical (unpaired) electrons. The lowest BCUT2D eigenvalue weighted by molar-refractivity contribution is 1.18. The van der Waals surface area contributed by atoms with Crippen LogP contribution in [0.2, 0.25) is 0 Å². The average Bonchev–Trinajstić information content (AvgIpc) is 3.48. The first-order valence-electron chi connectivity index (χ1n) is 16.5. The number of aromatic nitrogens is 1. The molecule has 0 aliphatic heterocycles. The summed E-state index contributed by atoms with van der Waals surface area (Å²) in [5.74, 6) is 0. The van der Waals surface area contributed by atoms with Gasteiger partial charge in [-0.1, -0.05) is 133 Å². The van der Waals surface area contributed by atoms with Gasteiger partial charge in [0, 0.05) is 33.4 Å². The van der Waals surface area contributed by atoms with Crippen molar-refractivity contribution in [1.29, 1.82) is 0 Å². The predicted molar refractivity (Wildman–Crippen MR) is 205 cm³/mol. The highest BCUT2D eigenvalue weighted by atomic mass is 15.1. The molecule has 1 aromatic heterocycles. The minimum atomic E-state index is 1.11. The molecule has 1 heterocycles. The van der Waals surface area contributed by atoms with Crippen molar-refractivity contribution >= 4 is 71.2 Å². The standard InChI is InChI=1S/C46H30N2/c1-3-12-31(13-4-1)39-18-7-9-20-42(39)47(38-28-34-24-22-32-14-11-15-33-23-25-35(29-38)46(34)45(32)33)37-26-27-41-40-19-8-10-21-43(40)48(44(41)30-37)36-16-5-2-6-17-36/h1-30H. The van der Waals surface area contributed by atoms with Crippen molar-refractivity contribution < 1.29 is 0 Å². The molecule has 2 heteroatoms. The Labute approximate surface area is 278 Å². The van der Waals surface area contributed by atoms with Crippen molar-refractivity contribution in [3.63, 3.8) is 0 Å². The summed E-state index contributed by atoms with van der Waals surface area (Å²) in [5.41, 5.74) is 9.29. The fourth-order valence-electron chi connectivity index (χ4n) is 7.78. The Hall–Kier alpha value is -6.38. The van der Waals surface area contributed by atoms with Crippen LogP contribution < -0.4 is 4.90 Å². The number of para-hydroxylation sites is 3. The van der Waals surface area contributed by atoms with Crippen LogP contribution in [0.3, 0.4) is 0 Å². The minimum Gasteiger partial charge on any atom is -0.310 e. The van der Waals surface area contributed by atoms with E-state index in [1.165, 1.54) is 65.3 Å². The van der Waals surface area contributed by atoms with Crippen molar-refractivity contribution in [2.75, 3.05) is 4.90 Å². The first-order chi connectivity index (χ1) is 23.8. The second-order valence-electron chi connectivity index (χ2n) is 12.6. The fourth-order valence-corrected chi connectivity index (χ4v) is 7.78. The zero-order chi connectivity index (χ0) is 31.6. The molecule has 0 unspecified atom stereocenters. The fraction of sp³-hybridized carbons (Fsp3) is 0. The lowest BCUT2D eigenvalue weighted by Gasteiger charge is -2.29. The van der Waals surface area contributed by atoms with E-state index in [9.17, 15) is 0 Å². The highest BCUT2D eigenvalue weighted by Crippen LogP contribution is 2.45. The van der Waals surface area contributed by atoms with E-state index >= 15 is 0 Å². The third kappa shape index (κ3) is 4.06. The van der Waals surface area contributed by atoms with E-state index in [0.29, 0.717) is 0 Å². The smallest absolute Gasteiger partial charge is 0.0561 e. The molecule has 10 rings (SSSR count). The van der Waals surface area contributed by atoms with Gasteiger partial charge in [-0.05, 0) is 86.4 Å². The van der Waals surface area contributed by atoms with Gasteiger partial charge in [0.25, 0.3) is 0 Å². The van der Waals surface area contributed by atoms with Crippen molar-refractivity contribution in [1.82, 2.24) is 4.57 Å². The SMILES string of the molecule is c1ccc(-c2ccccc2N(c2cc3ccc4cccc5ccc(c2)c3c45)c2ccc3c4ccccc4n(-c4ccccc4)c3c2)cc1. The minimum absolute atomic E-state index is 1.11. The van der Waals surface area contributed by atoms with Crippen LogP contribution >= 0.6 is 0 Å². The molecule has 0 atom stereocenters. The summed E-state index contributed by atoms with van der Waals surface area (Å²) in [5, 5.41) is 10.2. The molecule has 0 spiro atoms. The zero-order valence-corrected chi connectivity index (χ0v) is 26.2. The number of hydrogen-bond donors (Lipinski definition) is 0. The summed E-state index contributed by atoms with van der Waals surface area (Å²) in [6.45, 7) is 0. The van der Waals surface area contributed by atoms with Gasteiger partial charge in [0.1, 0.15) is 0 Å². The number of hydrogen-bond acceptors (Lipinski definition) is 1. The zero-order valence-electron chi connectivity index (χ0n) is 26.2. The average molecular weight is 611 g/mol. The van der Waals surface area contributed by atoms with E-state index in [-0.39, 0.29) is 0 Å². The van der Waals surface area contributed by atoms with Crippen molar-refractivity contribution in [2.24, 2.45) is 0 Å². The number of anilines is 3. The molecule has 0 aliphatic carbocycles. The molecule has 0 saturated carbocycles. The van der Waals surface area contributed by atoms with Crippen molar-refractivity contribution in [3.05, 3.63) is 182 Å². The molecule has 0 bridgehead atoms. The Bertz CT molecular complexity index is 2710. The Morgan fingerprint density at radius 1 is 0.375 bits per heavy atom. The van der Waals surface area contributed by atoms with Crippen LogP contribution in [0, 0.1) is 0 Å². The Morgan fingerprint density at radius 2 is 0.979 bits per heavy atom. The van der Waals surface area contributed by atoms with Gasteiger partial charge in [-0.15, -0.1) is 0 Å². The van der Waals surface area contributed by atoms with Gasteiger partial charge in [-0.25, -0.2) is 0 Å². The summed E-state index contributed by atoms with van der Waals surface area (Å²) >= 11 is 0. The molecule has 0 saturated heterocycles. The summed E-state index contributed by atoms with van der Waals surface area (Å²) < 4.78 is 2.40. The second-order valence-corrected chi connectivity index (χ2v) is 12.6. The normalized spacial score (nSPS) is 11.8. The van der Waals surface area contributed by atoms with E-state index in [4.69, 9.17) is 0 Å². The van der Waals surface area contributed by atoms with E-state index in [0.717, 1.165) is 22.7 Å². The maximum Gasteiger partial charge on any atom is 0.0561 e. The van der Waals surface area contributed by atoms with E-state index < -0.39 is 0 Å². The molecule has 48 heavy (non-hydrogen) atoms. The third-order valence-corrected chi connectivity index (χ3v) is 9.87. The molecular formula is C46H30N2. The molecule has 9 aromatic carbocycles. The maximum atomic E-state index is 2.45. The quantitative estimate of drug-likeness (QED) is 0.176. The molecule has 10 aromatic rings. The molecule has 224 valence electrons. The van der Waals surface area contributed by atoms with Gasteiger partial charge in [-0.3, -0.25) is 0 Å². The monoisotopic (exact) mass is 610 g/mol. The van der Waals surface area contributed by atoms with Crippen LogP contribution in [-0.2, 0) is 0 Å². The van der Waals surface area contributed by atoms with Crippen LogP contribution in [-0.4, -0.2) is 4.57 Å². The summed E-state index contributed by atoms with van der Waals surface area (Å²) in [6.07, 6.45) is 0.